The number of hydrogen-bond acceptors (Lipinski definition) is 3. The minimum absolute atomic E-state index is 0.185. The van der Waals surface area contributed by atoms with Gasteiger partial charge in [0, 0.05) is 11.8 Å². The number of halogens is 7. The summed E-state index contributed by atoms with van der Waals surface area (Å²) in [6, 6.07) is 2.08. The average molecular weight is 435 g/mol. The van der Waals surface area contributed by atoms with Gasteiger partial charge in [-0.25, -0.2) is 13.8 Å². The largest absolute Gasteiger partial charge is 0.435 e. The minimum Gasteiger partial charge on any atom is -0.318 e. The van der Waals surface area contributed by atoms with Crippen molar-refractivity contribution < 1.29 is 31.1 Å². The Balaban J connectivity index is 1.96. The number of hydrogen-bond donors (Lipinski definition) is 2. The molecule has 0 atom stereocenters. The van der Waals surface area contributed by atoms with Crippen molar-refractivity contribution in [2.24, 2.45) is 0 Å². The number of benzene rings is 1. The van der Waals surface area contributed by atoms with E-state index in [0.29, 0.717) is 6.08 Å². The normalized spacial score (nSPS) is 12.5. The van der Waals surface area contributed by atoms with Crippen molar-refractivity contribution in [3.8, 4) is 0 Å². The molecule has 0 aliphatic heterocycles. The first-order valence-corrected chi connectivity index (χ1v) is 8.11. The molecule has 0 aliphatic rings. The number of fused-ring (bicyclic) bond motifs is 1. The Bertz CT molecular complexity index is 1160. The van der Waals surface area contributed by atoms with Crippen LogP contribution < -0.4 is 5.32 Å². The summed E-state index contributed by atoms with van der Waals surface area (Å²) in [7, 11) is 0. The van der Waals surface area contributed by atoms with Crippen molar-refractivity contribution in [2.75, 3.05) is 5.32 Å². The first-order chi connectivity index (χ1) is 13.5. The van der Waals surface area contributed by atoms with Gasteiger partial charge in [-0.1, -0.05) is 17.7 Å². The Hall–Kier alpha value is -3.08. The van der Waals surface area contributed by atoms with E-state index in [1.807, 2.05) is 5.10 Å². The van der Waals surface area contributed by atoms with Crippen molar-refractivity contribution in [1.29, 1.82) is 0 Å². The van der Waals surface area contributed by atoms with Gasteiger partial charge in [0.15, 0.2) is 17.3 Å². The van der Waals surface area contributed by atoms with Crippen molar-refractivity contribution >= 4 is 40.2 Å². The summed E-state index contributed by atoms with van der Waals surface area (Å²) in [4.78, 5) is 15.2. The maximum atomic E-state index is 14.3. The Morgan fingerprint density at radius 3 is 2.62 bits per heavy atom. The second-order valence-electron chi connectivity index (χ2n) is 5.80. The zero-order valence-corrected chi connectivity index (χ0v) is 15.0. The summed E-state index contributed by atoms with van der Waals surface area (Å²) < 4.78 is 81.2. The average Bonchev–Trinajstić information content (AvgIpc) is 3.02. The molecule has 2 heterocycles. The molecule has 0 bridgehead atoms. The molecule has 0 fully saturated rings. The van der Waals surface area contributed by atoms with Crippen LogP contribution in [0.25, 0.3) is 17.0 Å². The van der Waals surface area contributed by atoms with Gasteiger partial charge in [0.2, 0.25) is 5.95 Å². The fourth-order valence-corrected chi connectivity index (χ4v) is 2.61. The number of nitrogens with zero attached hydrogens (tertiary/aromatic N) is 2. The summed E-state index contributed by atoms with van der Waals surface area (Å²) in [6.07, 6.45) is -3.76. The topological polar surface area (TPSA) is 70.7 Å². The van der Waals surface area contributed by atoms with Gasteiger partial charge in [-0.05, 0) is 24.6 Å². The second-order valence-corrected chi connectivity index (χ2v) is 6.21. The number of pyridine rings is 1. The van der Waals surface area contributed by atoms with E-state index in [1.54, 1.807) is 5.32 Å². The molecule has 2 aromatic heterocycles. The van der Waals surface area contributed by atoms with Crippen LogP contribution in [0.1, 0.15) is 16.8 Å². The van der Waals surface area contributed by atoms with Gasteiger partial charge in [-0.3, -0.25) is 9.89 Å². The van der Waals surface area contributed by atoms with E-state index in [1.165, 1.54) is 6.92 Å². The molecule has 3 rings (SSSR count). The lowest BCUT2D eigenvalue weighted by atomic mass is 10.1. The van der Waals surface area contributed by atoms with Crippen molar-refractivity contribution in [2.45, 2.75) is 13.1 Å². The number of rotatable bonds is 3. The molecule has 0 radical (unpaired) electrons. The van der Waals surface area contributed by atoms with E-state index in [2.05, 4.69) is 10.1 Å². The minimum atomic E-state index is -4.95. The highest BCUT2D eigenvalue weighted by Crippen LogP contribution is 2.37. The van der Waals surface area contributed by atoms with Crippen LogP contribution in [0.3, 0.4) is 0 Å². The number of alkyl halides is 3. The lowest BCUT2D eigenvalue weighted by Gasteiger charge is -2.15. The zero-order chi connectivity index (χ0) is 21.5. The van der Waals surface area contributed by atoms with Crippen molar-refractivity contribution in [3.63, 3.8) is 0 Å². The van der Waals surface area contributed by atoms with E-state index in [9.17, 15) is 31.1 Å². The standard InChI is InChI=1S/C17H9ClF6N4O/c1-6-9(18)5-25-14(17(22,23)24)12(6)26-16(29)10(19)4-7-2-3-8-13(11(7)20)27-28-15(8)21/h2-5H,1H3,(H,26,29)(H,27,28)/b10-4-. The van der Waals surface area contributed by atoms with Crippen LogP contribution in [0.2, 0.25) is 5.02 Å². The molecule has 0 saturated carbocycles. The molecule has 12 heteroatoms. The van der Waals surface area contributed by atoms with Gasteiger partial charge < -0.3 is 5.32 Å². The third-order valence-electron chi connectivity index (χ3n) is 3.93. The van der Waals surface area contributed by atoms with Crippen molar-refractivity contribution in [3.05, 3.63) is 57.8 Å². The Morgan fingerprint density at radius 1 is 1.28 bits per heavy atom. The fraction of sp³-hybridized carbons (Fsp3) is 0.118. The van der Waals surface area contributed by atoms with Gasteiger partial charge >= 0.3 is 6.18 Å². The lowest BCUT2D eigenvalue weighted by Crippen LogP contribution is -2.19. The first kappa shape index (κ1) is 20.6. The van der Waals surface area contributed by atoms with Gasteiger partial charge in [-0.2, -0.15) is 22.7 Å². The number of anilines is 1. The maximum Gasteiger partial charge on any atom is 0.435 e. The van der Waals surface area contributed by atoms with E-state index < -0.39 is 52.1 Å². The third-order valence-corrected chi connectivity index (χ3v) is 4.31. The smallest absolute Gasteiger partial charge is 0.318 e. The van der Waals surface area contributed by atoms with Gasteiger partial charge in [0.1, 0.15) is 5.52 Å². The molecule has 0 spiro atoms. The van der Waals surface area contributed by atoms with E-state index in [0.717, 1.165) is 18.3 Å². The Labute approximate surface area is 163 Å². The van der Waals surface area contributed by atoms with Gasteiger partial charge in [-0.15, -0.1) is 0 Å². The molecule has 29 heavy (non-hydrogen) atoms. The SMILES string of the molecule is Cc1c(Cl)cnc(C(F)(F)F)c1NC(=O)/C(F)=C/c1ccc2c(F)[nH]nc2c1F. The highest BCUT2D eigenvalue weighted by atomic mass is 35.5. The Morgan fingerprint density at radius 2 is 1.97 bits per heavy atom. The maximum absolute atomic E-state index is 14.3. The lowest BCUT2D eigenvalue weighted by molar-refractivity contribution is -0.140. The van der Waals surface area contributed by atoms with Crippen LogP contribution in [0.5, 0.6) is 0 Å². The first-order valence-electron chi connectivity index (χ1n) is 7.73. The van der Waals surface area contributed by atoms with E-state index >= 15 is 0 Å². The van der Waals surface area contributed by atoms with Crippen LogP contribution in [0.4, 0.5) is 32.0 Å². The fourth-order valence-electron chi connectivity index (χ4n) is 2.47. The molecule has 2 N–H and O–H groups in total. The summed E-state index contributed by atoms with van der Waals surface area (Å²) in [6.45, 7) is 1.18. The monoisotopic (exact) mass is 434 g/mol. The number of aromatic nitrogens is 3. The number of amides is 1. The summed E-state index contributed by atoms with van der Waals surface area (Å²) in [5.74, 6) is -5.22. The predicted octanol–water partition coefficient (Wildman–Crippen LogP) is 5.17. The van der Waals surface area contributed by atoms with E-state index in [-0.39, 0.29) is 16.0 Å². The van der Waals surface area contributed by atoms with Gasteiger partial charge in [0.25, 0.3) is 5.91 Å². The number of carbonyl (C=O) groups excluding carboxylic acids is 1. The molecule has 1 amide bonds. The summed E-state index contributed by atoms with van der Waals surface area (Å²) in [5, 5.41) is 6.67. The highest BCUT2D eigenvalue weighted by Gasteiger charge is 2.37. The van der Waals surface area contributed by atoms with Crippen LogP contribution in [-0.2, 0) is 11.0 Å². The summed E-state index contributed by atoms with van der Waals surface area (Å²) >= 11 is 5.73. The molecular formula is C17H9ClF6N4O. The molecule has 1 aromatic carbocycles. The summed E-state index contributed by atoms with van der Waals surface area (Å²) in [5.41, 5.74) is -3.38. The molecular weight excluding hydrogens is 426 g/mol. The zero-order valence-electron chi connectivity index (χ0n) is 14.3. The van der Waals surface area contributed by atoms with Crippen LogP contribution in [0, 0.1) is 18.7 Å². The molecule has 152 valence electrons. The van der Waals surface area contributed by atoms with Crippen LogP contribution in [0.15, 0.2) is 24.2 Å². The quantitative estimate of drug-likeness (QED) is 0.441. The Kier molecular flexibility index (Phi) is 5.26. The number of carbonyl (C=O) groups is 1. The second kappa shape index (κ2) is 7.39. The molecule has 0 aliphatic carbocycles. The molecule has 3 aromatic rings. The van der Waals surface area contributed by atoms with Crippen LogP contribution >= 0.6 is 11.6 Å². The number of H-pyrrole nitrogens is 1. The predicted molar refractivity (Wildman–Crippen MR) is 92.7 cm³/mol. The van der Waals surface area contributed by atoms with E-state index in [4.69, 9.17) is 11.6 Å². The third kappa shape index (κ3) is 3.90. The highest BCUT2D eigenvalue weighted by molar-refractivity contribution is 6.31. The van der Waals surface area contributed by atoms with Gasteiger partial charge in [0.05, 0.1) is 16.1 Å². The molecule has 0 saturated heterocycles. The van der Waals surface area contributed by atoms with Crippen molar-refractivity contribution in [1.82, 2.24) is 15.2 Å². The number of aromatic amines is 1. The van der Waals surface area contributed by atoms with Crippen LogP contribution in [-0.4, -0.2) is 21.1 Å². The number of nitrogens with one attached hydrogen (secondary N) is 2. The molecule has 0 unspecified atom stereocenters. The molecule has 5 nitrogen and oxygen atoms in total.